The van der Waals surface area contributed by atoms with Gasteiger partial charge in [0.25, 0.3) is 6.04 Å². The number of aliphatic hydroxyl groups is 1. The van der Waals surface area contributed by atoms with E-state index in [0.717, 1.165) is 34.8 Å². The van der Waals surface area contributed by atoms with E-state index < -0.39 is 96.3 Å². The van der Waals surface area contributed by atoms with Gasteiger partial charge in [0.2, 0.25) is 0 Å². The molecule has 0 aromatic rings. The van der Waals surface area contributed by atoms with Gasteiger partial charge in [-0.1, -0.05) is 0 Å². The van der Waals surface area contributed by atoms with Crippen LogP contribution in [0.2, 0.25) is 0 Å². The summed E-state index contributed by atoms with van der Waals surface area (Å²) in [6, 6.07) is -1.70. The van der Waals surface area contributed by atoms with E-state index in [-0.39, 0.29) is 12.8 Å². The van der Waals surface area contributed by atoms with Gasteiger partial charge >= 0.3 is 29.8 Å². The molecule has 0 bridgehead atoms. The van der Waals surface area contributed by atoms with Gasteiger partial charge in [-0.15, -0.1) is 0 Å². The lowest BCUT2D eigenvalue weighted by Gasteiger charge is -2.45. The number of aliphatic hydroxyl groups excluding tert-OH is 1. The summed E-state index contributed by atoms with van der Waals surface area (Å²) in [5.74, 6) is -5.67. The predicted molar refractivity (Wildman–Crippen MR) is 118 cm³/mol. The molecule has 2 rings (SSSR count). The Labute approximate surface area is 216 Å². The molecular formula is C22H31NO15. The fraction of sp³-hybridized carbons (Fsp3) is 0.773. The van der Waals surface area contributed by atoms with Crippen LogP contribution in [0, 0.1) is 16.0 Å². The Kier molecular flexibility index (Phi) is 10.9. The van der Waals surface area contributed by atoms with Crippen LogP contribution in [0.1, 0.15) is 40.5 Å². The molecule has 0 spiro atoms. The second kappa shape index (κ2) is 13.4. The molecule has 1 saturated heterocycles. The van der Waals surface area contributed by atoms with Crippen molar-refractivity contribution in [2.45, 2.75) is 89.5 Å². The van der Waals surface area contributed by atoms with Crippen LogP contribution in [-0.4, -0.2) is 103 Å². The van der Waals surface area contributed by atoms with Crippen LogP contribution in [0.25, 0.3) is 0 Å². The standard InChI is InChI=1S/C22H31NO15/c1-9(24)33-8-16-18(34-10(2)25)19(35-11(3)26)20(36-12(4)27)22(38-16)37-15-7-13(28)6-14(21(29)32-5)17(15)23(30)31/h13-20,22,28H,6-8H2,1-5H3/t13-,14+,15-,16+,17-,18+,19-,20+,22+/m0/s1. The molecule has 0 radical (unpaired) electrons. The van der Waals surface area contributed by atoms with Crippen molar-refractivity contribution in [3.8, 4) is 0 Å². The van der Waals surface area contributed by atoms with E-state index in [2.05, 4.69) is 4.74 Å². The van der Waals surface area contributed by atoms with Gasteiger partial charge in [0.15, 0.2) is 24.6 Å². The number of methoxy groups -OCH3 is 1. The topological polar surface area (TPSA) is 213 Å². The molecule has 1 N–H and O–H groups in total. The van der Waals surface area contributed by atoms with E-state index in [4.69, 9.17) is 28.4 Å². The molecule has 1 saturated carbocycles. The molecule has 2 aliphatic rings. The molecule has 9 atom stereocenters. The molecule has 16 heteroatoms. The first-order valence-corrected chi connectivity index (χ1v) is 11.6. The summed E-state index contributed by atoms with van der Waals surface area (Å²) in [4.78, 5) is 70.6. The van der Waals surface area contributed by atoms with Crippen molar-refractivity contribution in [3.63, 3.8) is 0 Å². The first kappa shape index (κ1) is 30.9. The minimum atomic E-state index is -1.72. The normalized spacial score (nSPS) is 32.8. The highest BCUT2D eigenvalue weighted by Crippen LogP contribution is 2.35. The van der Waals surface area contributed by atoms with Crippen molar-refractivity contribution < 1.29 is 67.2 Å². The Hall–Kier alpha value is -3.37. The van der Waals surface area contributed by atoms with Crippen molar-refractivity contribution in [2.75, 3.05) is 13.7 Å². The Balaban J connectivity index is 2.52. The monoisotopic (exact) mass is 549 g/mol. The zero-order valence-electron chi connectivity index (χ0n) is 21.4. The van der Waals surface area contributed by atoms with Crippen molar-refractivity contribution in [1.82, 2.24) is 0 Å². The van der Waals surface area contributed by atoms with Crippen LogP contribution in [0.15, 0.2) is 0 Å². The summed E-state index contributed by atoms with van der Waals surface area (Å²) < 4.78 is 37.1. The van der Waals surface area contributed by atoms with Gasteiger partial charge in [0.1, 0.15) is 24.7 Å². The number of carbonyl (C=O) groups excluding carboxylic acids is 5. The van der Waals surface area contributed by atoms with E-state index in [1.165, 1.54) is 0 Å². The quantitative estimate of drug-likeness (QED) is 0.159. The van der Waals surface area contributed by atoms with Gasteiger partial charge in [-0.3, -0.25) is 34.1 Å². The average Bonchev–Trinajstić information content (AvgIpc) is 2.79. The average molecular weight is 549 g/mol. The van der Waals surface area contributed by atoms with Crippen LogP contribution in [-0.2, 0) is 57.1 Å². The van der Waals surface area contributed by atoms with E-state index in [0.29, 0.717) is 0 Å². The van der Waals surface area contributed by atoms with Crippen molar-refractivity contribution in [1.29, 1.82) is 0 Å². The lowest BCUT2D eigenvalue weighted by atomic mass is 9.81. The molecule has 1 heterocycles. The molecule has 1 aliphatic carbocycles. The van der Waals surface area contributed by atoms with Crippen molar-refractivity contribution in [2.24, 2.45) is 5.92 Å². The summed E-state index contributed by atoms with van der Waals surface area (Å²) >= 11 is 0. The van der Waals surface area contributed by atoms with Gasteiger partial charge in [-0.25, -0.2) is 0 Å². The zero-order chi connectivity index (χ0) is 28.7. The van der Waals surface area contributed by atoms with E-state index in [1.54, 1.807) is 0 Å². The van der Waals surface area contributed by atoms with Gasteiger partial charge in [-0.2, -0.15) is 0 Å². The van der Waals surface area contributed by atoms with Gasteiger partial charge in [0, 0.05) is 39.0 Å². The van der Waals surface area contributed by atoms with E-state index in [9.17, 15) is 39.2 Å². The molecule has 0 amide bonds. The second-order valence-electron chi connectivity index (χ2n) is 8.77. The smallest absolute Gasteiger partial charge is 0.315 e. The molecule has 38 heavy (non-hydrogen) atoms. The predicted octanol–water partition coefficient (Wildman–Crippen LogP) is -0.956. The number of ether oxygens (including phenoxy) is 7. The molecular weight excluding hydrogens is 518 g/mol. The Morgan fingerprint density at radius 2 is 1.45 bits per heavy atom. The fourth-order valence-corrected chi connectivity index (χ4v) is 4.47. The summed E-state index contributed by atoms with van der Waals surface area (Å²) in [7, 11) is 1.04. The molecule has 0 unspecified atom stereocenters. The summed E-state index contributed by atoms with van der Waals surface area (Å²) in [6.45, 7) is 3.67. The van der Waals surface area contributed by atoms with Crippen LogP contribution in [0.3, 0.4) is 0 Å². The number of rotatable bonds is 9. The summed E-state index contributed by atoms with van der Waals surface area (Å²) in [5, 5.41) is 22.3. The highest BCUT2D eigenvalue weighted by molar-refractivity contribution is 5.73. The van der Waals surface area contributed by atoms with Crippen LogP contribution < -0.4 is 0 Å². The largest absolute Gasteiger partial charge is 0.469 e. The molecule has 1 aliphatic heterocycles. The summed E-state index contributed by atoms with van der Waals surface area (Å²) in [6.07, 6.45) is -11.0. The number of nitrogens with zero attached hydrogens (tertiary/aromatic N) is 1. The van der Waals surface area contributed by atoms with E-state index >= 15 is 0 Å². The Morgan fingerprint density at radius 3 is 1.95 bits per heavy atom. The molecule has 16 nitrogen and oxygen atoms in total. The molecule has 2 fully saturated rings. The van der Waals surface area contributed by atoms with Gasteiger partial charge < -0.3 is 38.3 Å². The third-order valence-corrected chi connectivity index (χ3v) is 5.83. The Morgan fingerprint density at radius 1 is 0.895 bits per heavy atom. The maximum absolute atomic E-state index is 12.2. The highest BCUT2D eigenvalue weighted by Gasteiger charge is 2.56. The lowest BCUT2D eigenvalue weighted by Crippen LogP contribution is -2.64. The van der Waals surface area contributed by atoms with Crippen molar-refractivity contribution in [3.05, 3.63) is 10.1 Å². The molecule has 0 aromatic carbocycles. The minimum absolute atomic E-state index is 0.267. The van der Waals surface area contributed by atoms with Crippen LogP contribution in [0.5, 0.6) is 0 Å². The van der Waals surface area contributed by atoms with Crippen molar-refractivity contribution >= 4 is 29.8 Å². The number of carbonyl (C=O) groups is 5. The maximum Gasteiger partial charge on any atom is 0.315 e. The van der Waals surface area contributed by atoms with Crippen LogP contribution >= 0.6 is 0 Å². The second-order valence-corrected chi connectivity index (χ2v) is 8.77. The van der Waals surface area contributed by atoms with Gasteiger partial charge in [-0.05, 0) is 6.42 Å². The molecule has 214 valence electrons. The SMILES string of the molecule is COC(=O)[C@@H]1C[C@H](O)C[C@H](O[C@@H]2O[C@H](COC(C)=O)[C@@H](OC(C)=O)[C@H](OC(C)=O)[C@H]2OC(C)=O)[C@H]1[N+](=O)[O-]. The summed E-state index contributed by atoms with van der Waals surface area (Å²) in [5.41, 5.74) is 0. The maximum atomic E-state index is 12.2. The van der Waals surface area contributed by atoms with Crippen LogP contribution in [0.4, 0.5) is 0 Å². The lowest BCUT2D eigenvalue weighted by molar-refractivity contribution is -0.551. The third kappa shape index (κ3) is 8.06. The Bertz CT molecular complexity index is 922. The molecule has 0 aromatic heterocycles. The number of nitro groups is 1. The fourth-order valence-electron chi connectivity index (χ4n) is 4.47. The number of hydrogen-bond acceptors (Lipinski definition) is 15. The minimum Gasteiger partial charge on any atom is -0.469 e. The first-order chi connectivity index (χ1) is 17.7. The van der Waals surface area contributed by atoms with Gasteiger partial charge in [0.05, 0.1) is 13.2 Å². The zero-order valence-corrected chi connectivity index (χ0v) is 21.4. The third-order valence-electron chi connectivity index (χ3n) is 5.83. The van der Waals surface area contributed by atoms with E-state index in [1.807, 2.05) is 0 Å². The number of esters is 5. The first-order valence-electron chi connectivity index (χ1n) is 11.6. The highest BCUT2D eigenvalue weighted by atomic mass is 16.7. The number of hydrogen-bond donors (Lipinski definition) is 1.